The Hall–Kier alpha value is -1.62. The lowest BCUT2D eigenvalue weighted by Crippen LogP contribution is -2.46. The lowest BCUT2D eigenvalue weighted by Gasteiger charge is -2.36. The normalized spacial score (nSPS) is 21.9. The molecule has 3 N–H and O–H groups in total. The topological polar surface area (TPSA) is 58.4 Å². The first-order chi connectivity index (χ1) is 10.1. The smallest absolute Gasteiger partial charge is 0.322 e. The van der Waals surface area contributed by atoms with Crippen LogP contribution in [-0.4, -0.2) is 29.6 Å². The number of amides is 2. The SMILES string of the molecule is CCCN(C(=O)Nc1cccc(F)c1)C1CCC(N)CC1. The minimum atomic E-state index is -0.349. The number of nitrogens with zero attached hydrogens (tertiary/aromatic N) is 1. The first kappa shape index (κ1) is 15.8. The summed E-state index contributed by atoms with van der Waals surface area (Å²) in [6, 6.07) is 6.33. The van der Waals surface area contributed by atoms with Gasteiger partial charge in [0.15, 0.2) is 0 Å². The summed E-state index contributed by atoms with van der Waals surface area (Å²) in [5.41, 5.74) is 6.42. The Morgan fingerprint density at radius 3 is 2.71 bits per heavy atom. The number of carbonyl (C=O) groups is 1. The van der Waals surface area contributed by atoms with Gasteiger partial charge in [-0.3, -0.25) is 0 Å². The van der Waals surface area contributed by atoms with Crippen molar-refractivity contribution in [2.75, 3.05) is 11.9 Å². The van der Waals surface area contributed by atoms with Crippen LogP contribution in [0.3, 0.4) is 0 Å². The predicted octanol–water partition coefficient (Wildman–Crippen LogP) is 3.34. The van der Waals surface area contributed by atoms with E-state index in [9.17, 15) is 9.18 Å². The van der Waals surface area contributed by atoms with E-state index in [0.717, 1.165) is 32.1 Å². The van der Waals surface area contributed by atoms with E-state index in [1.54, 1.807) is 12.1 Å². The van der Waals surface area contributed by atoms with Gasteiger partial charge in [0.25, 0.3) is 0 Å². The second-order valence-electron chi connectivity index (χ2n) is 5.70. The van der Waals surface area contributed by atoms with Crippen LogP contribution in [0.2, 0.25) is 0 Å². The van der Waals surface area contributed by atoms with E-state index in [2.05, 4.69) is 12.2 Å². The van der Waals surface area contributed by atoms with Gasteiger partial charge in [-0.2, -0.15) is 0 Å². The Balaban J connectivity index is 2.01. The highest BCUT2D eigenvalue weighted by Crippen LogP contribution is 2.23. The van der Waals surface area contributed by atoms with E-state index in [4.69, 9.17) is 5.73 Å². The summed E-state index contributed by atoms with van der Waals surface area (Å²) in [4.78, 5) is 14.3. The number of urea groups is 1. The Morgan fingerprint density at radius 1 is 1.38 bits per heavy atom. The van der Waals surface area contributed by atoms with Crippen LogP contribution in [0.15, 0.2) is 24.3 Å². The van der Waals surface area contributed by atoms with E-state index < -0.39 is 0 Å². The summed E-state index contributed by atoms with van der Waals surface area (Å²) in [6.07, 6.45) is 4.70. The van der Waals surface area contributed by atoms with Gasteiger partial charge in [0.1, 0.15) is 5.82 Å². The van der Waals surface area contributed by atoms with E-state index in [1.807, 2.05) is 4.90 Å². The van der Waals surface area contributed by atoms with Gasteiger partial charge < -0.3 is 16.0 Å². The molecule has 0 spiro atoms. The molecule has 0 aromatic heterocycles. The minimum absolute atomic E-state index is 0.150. The molecule has 21 heavy (non-hydrogen) atoms. The fourth-order valence-electron chi connectivity index (χ4n) is 2.87. The molecule has 116 valence electrons. The zero-order chi connectivity index (χ0) is 15.2. The van der Waals surface area contributed by atoms with Crippen molar-refractivity contribution in [2.24, 2.45) is 5.73 Å². The number of halogens is 1. The maximum Gasteiger partial charge on any atom is 0.322 e. The minimum Gasteiger partial charge on any atom is -0.328 e. The molecule has 0 radical (unpaired) electrons. The molecule has 2 amide bonds. The number of nitrogens with one attached hydrogen (secondary N) is 1. The van der Waals surface area contributed by atoms with Crippen molar-refractivity contribution in [1.82, 2.24) is 4.90 Å². The average molecular weight is 293 g/mol. The van der Waals surface area contributed by atoms with E-state index in [1.165, 1.54) is 12.1 Å². The molecule has 1 aromatic carbocycles. The van der Waals surface area contributed by atoms with Crippen molar-refractivity contribution in [3.8, 4) is 0 Å². The highest BCUT2D eigenvalue weighted by atomic mass is 19.1. The van der Waals surface area contributed by atoms with Crippen LogP contribution in [0.4, 0.5) is 14.9 Å². The molecule has 2 rings (SSSR count). The predicted molar refractivity (Wildman–Crippen MR) is 82.6 cm³/mol. The third kappa shape index (κ3) is 4.43. The highest BCUT2D eigenvalue weighted by Gasteiger charge is 2.27. The zero-order valence-electron chi connectivity index (χ0n) is 12.5. The van der Waals surface area contributed by atoms with Gasteiger partial charge in [-0.15, -0.1) is 0 Å². The molecule has 1 aromatic rings. The number of benzene rings is 1. The molecule has 1 aliphatic carbocycles. The standard InChI is InChI=1S/C16H24FN3O/c1-2-10-20(15-8-6-13(18)7-9-15)16(21)19-14-5-3-4-12(17)11-14/h3-5,11,13,15H,2,6-10,18H2,1H3,(H,19,21). The van der Waals surface area contributed by atoms with Crippen molar-refractivity contribution in [3.63, 3.8) is 0 Å². The summed E-state index contributed by atoms with van der Waals surface area (Å²) in [7, 11) is 0. The van der Waals surface area contributed by atoms with Crippen LogP contribution in [0.5, 0.6) is 0 Å². The number of hydrogen-bond donors (Lipinski definition) is 2. The van der Waals surface area contributed by atoms with Gasteiger partial charge in [0.05, 0.1) is 0 Å². The van der Waals surface area contributed by atoms with Crippen molar-refractivity contribution in [2.45, 2.75) is 51.1 Å². The first-order valence-electron chi connectivity index (χ1n) is 7.69. The Bertz CT molecular complexity index is 472. The third-order valence-electron chi connectivity index (χ3n) is 3.98. The number of anilines is 1. The second kappa shape index (κ2) is 7.41. The van der Waals surface area contributed by atoms with Gasteiger partial charge in [0.2, 0.25) is 0 Å². The fourth-order valence-corrected chi connectivity index (χ4v) is 2.87. The van der Waals surface area contributed by atoms with Gasteiger partial charge in [-0.05, 0) is 50.3 Å². The van der Waals surface area contributed by atoms with E-state index in [0.29, 0.717) is 12.2 Å². The van der Waals surface area contributed by atoms with E-state index in [-0.39, 0.29) is 23.9 Å². The van der Waals surface area contributed by atoms with Gasteiger partial charge in [-0.1, -0.05) is 13.0 Å². The lowest BCUT2D eigenvalue weighted by molar-refractivity contribution is 0.163. The maximum atomic E-state index is 13.2. The molecule has 5 heteroatoms. The van der Waals surface area contributed by atoms with Crippen molar-refractivity contribution >= 4 is 11.7 Å². The lowest BCUT2D eigenvalue weighted by atomic mass is 9.91. The molecular weight excluding hydrogens is 269 g/mol. The van der Waals surface area contributed by atoms with E-state index >= 15 is 0 Å². The molecule has 1 saturated carbocycles. The maximum absolute atomic E-state index is 13.2. The molecule has 0 aliphatic heterocycles. The van der Waals surface area contributed by atoms with Crippen molar-refractivity contribution in [1.29, 1.82) is 0 Å². The molecule has 0 saturated heterocycles. The van der Waals surface area contributed by atoms with Crippen molar-refractivity contribution in [3.05, 3.63) is 30.1 Å². The Kier molecular flexibility index (Phi) is 5.56. The molecule has 0 atom stereocenters. The molecule has 0 unspecified atom stereocenters. The summed E-state index contributed by atoms with van der Waals surface area (Å²) in [5.74, 6) is -0.349. The van der Waals surface area contributed by atoms with Crippen LogP contribution in [-0.2, 0) is 0 Å². The summed E-state index contributed by atoms with van der Waals surface area (Å²) < 4.78 is 13.2. The third-order valence-corrected chi connectivity index (χ3v) is 3.98. The summed E-state index contributed by atoms with van der Waals surface area (Å²) in [6.45, 7) is 2.76. The van der Waals surface area contributed by atoms with Crippen LogP contribution < -0.4 is 11.1 Å². The van der Waals surface area contributed by atoms with Gasteiger partial charge >= 0.3 is 6.03 Å². The Morgan fingerprint density at radius 2 is 2.10 bits per heavy atom. The van der Waals surface area contributed by atoms with Gasteiger partial charge in [-0.25, -0.2) is 9.18 Å². The highest BCUT2D eigenvalue weighted by molar-refractivity contribution is 5.89. The molecular formula is C16H24FN3O. The summed E-state index contributed by atoms with van der Waals surface area (Å²) in [5, 5.41) is 2.79. The van der Waals surface area contributed by atoms with Crippen LogP contribution in [0, 0.1) is 5.82 Å². The van der Waals surface area contributed by atoms with Crippen LogP contribution >= 0.6 is 0 Å². The van der Waals surface area contributed by atoms with Crippen LogP contribution in [0.1, 0.15) is 39.0 Å². The summed E-state index contributed by atoms with van der Waals surface area (Å²) >= 11 is 0. The first-order valence-corrected chi connectivity index (χ1v) is 7.69. The molecule has 1 aliphatic rings. The quantitative estimate of drug-likeness (QED) is 0.894. The van der Waals surface area contributed by atoms with Crippen molar-refractivity contribution < 1.29 is 9.18 Å². The largest absolute Gasteiger partial charge is 0.328 e. The number of nitrogens with two attached hydrogens (primary N) is 1. The molecule has 0 heterocycles. The average Bonchev–Trinajstić information content (AvgIpc) is 2.46. The number of rotatable bonds is 4. The fraction of sp³-hybridized carbons (Fsp3) is 0.562. The molecule has 1 fully saturated rings. The zero-order valence-corrected chi connectivity index (χ0v) is 12.5. The number of hydrogen-bond acceptors (Lipinski definition) is 2. The van der Waals surface area contributed by atoms with Gasteiger partial charge in [0, 0.05) is 24.3 Å². The van der Waals surface area contributed by atoms with Crippen LogP contribution in [0.25, 0.3) is 0 Å². The Labute approximate surface area is 125 Å². The second-order valence-corrected chi connectivity index (χ2v) is 5.70. The number of carbonyl (C=O) groups excluding carboxylic acids is 1. The monoisotopic (exact) mass is 293 g/mol. The molecule has 4 nitrogen and oxygen atoms in total. The molecule has 0 bridgehead atoms.